The number of benzene rings is 2. The van der Waals surface area contributed by atoms with Crippen molar-refractivity contribution in [2.75, 3.05) is 46.4 Å². The summed E-state index contributed by atoms with van der Waals surface area (Å²) >= 11 is 18.2. The maximum Gasteiger partial charge on any atom is 0.169 e. The van der Waals surface area contributed by atoms with Crippen molar-refractivity contribution in [3.8, 4) is 0 Å². The van der Waals surface area contributed by atoms with Gasteiger partial charge in [0.15, 0.2) is 5.11 Å². The highest BCUT2D eigenvalue weighted by molar-refractivity contribution is 7.80. The minimum absolute atomic E-state index is 0.268. The predicted octanol–water partition coefficient (Wildman–Crippen LogP) is 5.49. The summed E-state index contributed by atoms with van der Waals surface area (Å²) in [6.07, 6.45) is 3.16. The number of thiocarbonyl (C=S) groups is 1. The Kier molecular flexibility index (Phi) is 8.30. The Morgan fingerprint density at radius 1 is 1.09 bits per heavy atom. The highest BCUT2D eigenvalue weighted by Crippen LogP contribution is 2.44. The Labute approximate surface area is 206 Å². The van der Waals surface area contributed by atoms with E-state index in [9.17, 15) is 0 Å². The molecule has 0 saturated carbocycles. The number of hydrogen-bond acceptors (Lipinski definition) is 3. The van der Waals surface area contributed by atoms with Gasteiger partial charge in [0.1, 0.15) is 0 Å². The fraction of sp³-hybridized carbons (Fsp3) is 0.480. The van der Waals surface area contributed by atoms with Crippen molar-refractivity contribution in [2.24, 2.45) is 0 Å². The maximum absolute atomic E-state index is 6.32. The van der Waals surface area contributed by atoms with Crippen molar-refractivity contribution in [1.82, 2.24) is 15.1 Å². The van der Waals surface area contributed by atoms with Crippen LogP contribution < -0.4 is 5.32 Å². The fourth-order valence-electron chi connectivity index (χ4n) is 4.83. The molecule has 1 aliphatic carbocycles. The van der Waals surface area contributed by atoms with Crippen LogP contribution in [-0.4, -0.2) is 61.4 Å². The zero-order valence-electron chi connectivity index (χ0n) is 18.5. The molecular formula is C25H31Cl2N3OS. The van der Waals surface area contributed by atoms with E-state index < -0.39 is 0 Å². The number of ether oxygens (including phenoxy) is 1. The molecule has 0 amide bonds. The Bertz CT molecular complexity index is 935. The zero-order valence-corrected chi connectivity index (χ0v) is 20.9. The Morgan fingerprint density at radius 2 is 1.84 bits per heavy atom. The first-order valence-corrected chi connectivity index (χ1v) is 12.6. The first-order chi connectivity index (χ1) is 15.5. The van der Waals surface area contributed by atoms with Gasteiger partial charge in [0.2, 0.25) is 0 Å². The second-order valence-corrected chi connectivity index (χ2v) is 9.80. The molecule has 2 aromatic carbocycles. The number of nitrogens with zero attached hydrogens (tertiary/aromatic N) is 2. The molecule has 4 nitrogen and oxygen atoms in total. The van der Waals surface area contributed by atoms with Crippen LogP contribution in [0.1, 0.15) is 47.9 Å². The van der Waals surface area contributed by atoms with Crippen LogP contribution in [0.5, 0.6) is 0 Å². The van der Waals surface area contributed by atoms with Gasteiger partial charge in [0.05, 0.1) is 29.3 Å². The maximum atomic E-state index is 6.32. The number of morpholine rings is 1. The summed E-state index contributed by atoms with van der Waals surface area (Å²) in [4.78, 5) is 4.69. The van der Waals surface area contributed by atoms with E-state index in [0.29, 0.717) is 16.0 Å². The molecule has 0 aromatic heterocycles. The van der Waals surface area contributed by atoms with E-state index in [1.165, 1.54) is 16.7 Å². The van der Waals surface area contributed by atoms with Gasteiger partial charge in [-0.15, -0.1) is 0 Å². The van der Waals surface area contributed by atoms with Gasteiger partial charge in [-0.1, -0.05) is 53.5 Å². The molecule has 4 rings (SSSR count). The van der Waals surface area contributed by atoms with Crippen molar-refractivity contribution in [1.29, 1.82) is 0 Å². The van der Waals surface area contributed by atoms with E-state index in [2.05, 4.69) is 52.5 Å². The lowest BCUT2D eigenvalue weighted by molar-refractivity contribution is 0.0375. The molecule has 1 saturated heterocycles. The number of nitrogens with one attached hydrogen (secondary N) is 1. The van der Waals surface area contributed by atoms with Gasteiger partial charge in [0, 0.05) is 32.6 Å². The van der Waals surface area contributed by atoms with Crippen LogP contribution in [-0.2, 0) is 4.74 Å². The third kappa shape index (κ3) is 5.57. The quantitative estimate of drug-likeness (QED) is 0.425. The Balaban J connectivity index is 1.39. The summed E-state index contributed by atoms with van der Waals surface area (Å²) in [6.45, 7) is 5.73. The van der Waals surface area contributed by atoms with Gasteiger partial charge in [-0.25, -0.2) is 0 Å². The minimum Gasteiger partial charge on any atom is -0.379 e. The van der Waals surface area contributed by atoms with E-state index in [0.717, 1.165) is 63.8 Å². The van der Waals surface area contributed by atoms with Gasteiger partial charge in [-0.05, 0) is 66.8 Å². The fourth-order valence-corrected chi connectivity index (χ4v) is 5.37. The molecule has 2 aromatic rings. The number of halogens is 2. The van der Waals surface area contributed by atoms with Crippen molar-refractivity contribution in [3.63, 3.8) is 0 Å². The van der Waals surface area contributed by atoms with Crippen LogP contribution in [0, 0.1) is 0 Å². The SMILES string of the molecule is CN(C(=S)NCCCN1CCOCC1)C1CCC(c2ccc(Cl)c(Cl)c2)c2ccccc21. The second-order valence-electron chi connectivity index (χ2n) is 8.60. The Morgan fingerprint density at radius 3 is 2.59 bits per heavy atom. The van der Waals surface area contributed by atoms with Crippen LogP contribution in [0.4, 0.5) is 0 Å². The van der Waals surface area contributed by atoms with Gasteiger partial charge in [0.25, 0.3) is 0 Å². The molecule has 2 unspecified atom stereocenters. The number of fused-ring (bicyclic) bond motifs is 1. The van der Waals surface area contributed by atoms with Crippen LogP contribution in [0.15, 0.2) is 42.5 Å². The summed E-state index contributed by atoms with van der Waals surface area (Å²) in [7, 11) is 2.11. The molecule has 1 N–H and O–H groups in total. The first-order valence-electron chi connectivity index (χ1n) is 11.4. The average Bonchev–Trinajstić information content (AvgIpc) is 2.83. The van der Waals surface area contributed by atoms with Gasteiger partial charge in [-0.2, -0.15) is 0 Å². The van der Waals surface area contributed by atoms with E-state index >= 15 is 0 Å². The molecule has 32 heavy (non-hydrogen) atoms. The monoisotopic (exact) mass is 491 g/mol. The zero-order chi connectivity index (χ0) is 22.5. The van der Waals surface area contributed by atoms with E-state index in [1.807, 2.05) is 12.1 Å². The molecule has 1 heterocycles. The first kappa shape index (κ1) is 23.8. The average molecular weight is 493 g/mol. The van der Waals surface area contributed by atoms with Crippen LogP contribution in [0.3, 0.4) is 0 Å². The van der Waals surface area contributed by atoms with Crippen molar-refractivity contribution in [3.05, 3.63) is 69.2 Å². The topological polar surface area (TPSA) is 27.7 Å². The molecule has 0 bridgehead atoms. The number of hydrogen-bond donors (Lipinski definition) is 1. The Hall–Kier alpha value is -1.37. The molecule has 0 spiro atoms. The third-order valence-corrected chi connectivity index (χ3v) is 7.80. The van der Waals surface area contributed by atoms with E-state index in [4.69, 9.17) is 40.2 Å². The molecular weight excluding hydrogens is 461 g/mol. The highest BCUT2D eigenvalue weighted by atomic mass is 35.5. The molecule has 0 radical (unpaired) electrons. The molecule has 172 valence electrons. The van der Waals surface area contributed by atoms with Gasteiger partial charge < -0.3 is 15.0 Å². The van der Waals surface area contributed by atoms with Crippen LogP contribution in [0.25, 0.3) is 0 Å². The van der Waals surface area contributed by atoms with E-state index in [-0.39, 0.29) is 6.04 Å². The molecule has 1 fully saturated rings. The largest absolute Gasteiger partial charge is 0.379 e. The summed E-state index contributed by atoms with van der Waals surface area (Å²) < 4.78 is 5.42. The molecule has 1 aliphatic heterocycles. The summed E-state index contributed by atoms with van der Waals surface area (Å²) in [5.41, 5.74) is 3.91. The summed E-state index contributed by atoms with van der Waals surface area (Å²) in [6, 6.07) is 15.0. The van der Waals surface area contributed by atoms with Crippen molar-refractivity contribution in [2.45, 2.75) is 31.2 Å². The molecule has 2 aliphatic rings. The normalized spacial score (nSPS) is 21.1. The third-order valence-electron chi connectivity index (χ3n) is 6.62. The predicted molar refractivity (Wildman–Crippen MR) is 137 cm³/mol. The van der Waals surface area contributed by atoms with Crippen LogP contribution in [0.2, 0.25) is 10.0 Å². The molecule has 2 atom stereocenters. The second kappa shape index (κ2) is 11.2. The van der Waals surface area contributed by atoms with Crippen LogP contribution >= 0.6 is 35.4 Å². The lowest BCUT2D eigenvalue weighted by Crippen LogP contribution is -2.42. The van der Waals surface area contributed by atoms with E-state index in [1.54, 1.807) is 0 Å². The highest BCUT2D eigenvalue weighted by Gasteiger charge is 2.31. The minimum atomic E-state index is 0.268. The molecule has 7 heteroatoms. The lowest BCUT2D eigenvalue weighted by atomic mass is 9.76. The van der Waals surface area contributed by atoms with Gasteiger partial charge >= 0.3 is 0 Å². The standard InChI is InChI=1S/C25H31Cl2N3OS/c1-29(25(32)28-11-4-12-30-13-15-31-16-14-30)24-10-8-19(20-5-2-3-6-21(20)24)18-7-9-22(26)23(27)17-18/h2-3,5-7,9,17,19,24H,4,8,10-16H2,1H3,(H,28,32). The smallest absolute Gasteiger partial charge is 0.169 e. The summed E-state index contributed by atoms with van der Waals surface area (Å²) in [5.74, 6) is 0.320. The summed E-state index contributed by atoms with van der Waals surface area (Å²) in [5, 5.41) is 5.51. The van der Waals surface area contributed by atoms with Gasteiger partial charge in [-0.3, -0.25) is 4.90 Å². The number of rotatable bonds is 6. The van der Waals surface area contributed by atoms with Crippen molar-refractivity contribution < 1.29 is 4.74 Å². The van der Waals surface area contributed by atoms with Crippen molar-refractivity contribution >= 4 is 40.5 Å². The lowest BCUT2D eigenvalue weighted by Gasteiger charge is -2.38.